The van der Waals surface area contributed by atoms with E-state index in [1.165, 1.54) is 13.3 Å². The first-order chi connectivity index (χ1) is 15.0. The number of phenols is 1. The Bertz CT molecular complexity index is 927. The number of carbonyl (C=O) groups excluding carboxylic acids is 2. The van der Waals surface area contributed by atoms with E-state index in [9.17, 15) is 14.7 Å². The van der Waals surface area contributed by atoms with Gasteiger partial charge < -0.3 is 19.9 Å². The van der Waals surface area contributed by atoms with Gasteiger partial charge in [-0.15, -0.1) is 0 Å². The maximum Gasteiger partial charge on any atom is 0.251 e. The Morgan fingerprint density at radius 1 is 1.06 bits per heavy atom. The highest BCUT2D eigenvalue weighted by Gasteiger charge is 2.10. The second-order valence-electron chi connectivity index (χ2n) is 6.94. The lowest BCUT2D eigenvalue weighted by Gasteiger charge is -2.10. The molecule has 0 unspecified atom stereocenters. The van der Waals surface area contributed by atoms with E-state index in [-0.39, 0.29) is 17.6 Å². The maximum atomic E-state index is 12.2. The summed E-state index contributed by atoms with van der Waals surface area (Å²) in [5, 5.41) is 16.6. The molecule has 0 saturated heterocycles. The van der Waals surface area contributed by atoms with E-state index in [2.05, 4.69) is 15.8 Å². The first-order valence-corrected chi connectivity index (χ1v) is 10.1. The van der Waals surface area contributed by atoms with E-state index in [0.29, 0.717) is 42.0 Å². The molecule has 2 rings (SSSR count). The molecule has 0 fully saturated rings. The summed E-state index contributed by atoms with van der Waals surface area (Å²) in [5.74, 6) is 0.833. The van der Waals surface area contributed by atoms with Crippen molar-refractivity contribution < 1.29 is 24.2 Å². The van der Waals surface area contributed by atoms with Crippen LogP contribution in [-0.2, 0) is 4.79 Å². The Labute approximate surface area is 182 Å². The van der Waals surface area contributed by atoms with Crippen LogP contribution >= 0.6 is 0 Å². The van der Waals surface area contributed by atoms with E-state index in [1.807, 2.05) is 6.07 Å². The molecule has 3 N–H and O–H groups in total. The number of hydrazone groups is 1. The molecular formula is C23H29N3O5. The molecule has 0 bridgehead atoms. The molecule has 0 aliphatic heterocycles. The number of para-hydroxylation sites is 1. The Balaban J connectivity index is 1.63. The topological polar surface area (TPSA) is 109 Å². The van der Waals surface area contributed by atoms with Crippen LogP contribution in [0.4, 0.5) is 0 Å². The van der Waals surface area contributed by atoms with Crippen molar-refractivity contribution in [3.63, 3.8) is 0 Å². The van der Waals surface area contributed by atoms with Crippen LogP contribution in [0.15, 0.2) is 41.5 Å². The van der Waals surface area contributed by atoms with Crippen molar-refractivity contribution in [2.75, 3.05) is 20.8 Å². The number of benzene rings is 2. The SMILES string of the molecule is COc1ccc(C(=O)NCCCCCC(=O)N/N=C/c2cccc(C)c2O)cc1OC. The number of aryl methyl sites for hydroxylation is 1. The lowest BCUT2D eigenvalue weighted by Crippen LogP contribution is -2.24. The van der Waals surface area contributed by atoms with Gasteiger partial charge in [0.15, 0.2) is 11.5 Å². The van der Waals surface area contributed by atoms with Gasteiger partial charge in [-0.1, -0.05) is 18.6 Å². The molecule has 0 aliphatic carbocycles. The van der Waals surface area contributed by atoms with Gasteiger partial charge in [0.2, 0.25) is 5.91 Å². The molecule has 0 aliphatic rings. The van der Waals surface area contributed by atoms with Crippen molar-refractivity contribution in [1.29, 1.82) is 0 Å². The van der Waals surface area contributed by atoms with Crippen LogP contribution in [0.25, 0.3) is 0 Å². The molecule has 0 aromatic heterocycles. The first kappa shape index (κ1) is 23.7. The number of nitrogens with zero attached hydrogens (tertiary/aromatic N) is 1. The Hall–Kier alpha value is -3.55. The normalized spacial score (nSPS) is 10.7. The number of nitrogens with one attached hydrogen (secondary N) is 2. The van der Waals surface area contributed by atoms with Crippen molar-refractivity contribution in [1.82, 2.24) is 10.7 Å². The second-order valence-corrected chi connectivity index (χ2v) is 6.94. The minimum atomic E-state index is -0.197. The van der Waals surface area contributed by atoms with Crippen LogP contribution in [0.5, 0.6) is 17.2 Å². The van der Waals surface area contributed by atoms with Crippen molar-refractivity contribution in [2.24, 2.45) is 5.10 Å². The van der Waals surface area contributed by atoms with E-state index >= 15 is 0 Å². The zero-order valence-electron chi connectivity index (χ0n) is 18.1. The fourth-order valence-electron chi connectivity index (χ4n) is 2.88. The molecule has 8 heteroatoms. The largest absolute Gasteiger partial charge is 0.507 e. The maximum absolute atomic E-state index is 12.2. The van der Waals surface area contributed by atoms with Crippen LogP contribution in [0.1, 0.15) is 47.2 Å². The Kier molecular flexibility index (Phi) is 9.35. The summed E-state index contributed by atoms with van der Waals surface area (Å²) in [7, 11) is 3.06. The molecule has 2 aromatic carbocycles. The van der Waals surface area contributed by atoms with Gasteiger partial charge in [-0.3, -0.25) is 9.59 Å². The van der Waals surface area contributed by atoms with E-state index in [0.717, 1.165) is 18.4 Å². The third-order valence-electron chi connectivity index (χ3n) is 4.67. The van der Waals surface area contributed by atoms with Crippen LogP contribution in [-0.4, -0.2) is 43.9 Å². The van der Waals surface area contributed by atoms with Crippen molar-refractivity contribution in [3.8, 4) is 17.2 Å². The Morgan fingerprint density at radius 3 is 2.58 bits per heavy atom. The molecule has 2 aromatic rings. The van der Waals surface area contributed by atoms with Gasteiger partial charge in [-0.25, -0.2) is 5.43 Å². The van der Waals surface area contributed by atoms with Gasteiger partial charge >= 0.3 is 0 Å². The predicted octanol–water partition coefficient (Wildman–Crippen LogP) is 3.16. The van der Waals surface area contributed by atoms with Gasteiger partial charge in [0.05, 0.1) is 20.4 Å². The van der Waals surface area contributed by atoms with E-state index in [1.54, 1.807) is 44.4 Å². The van der Waals surface area contributed by atoms with E-state index in [4.69, 9.17) is 9.47 Å². The fraction of sp³-hybridized carbons (Fsp3) is 0.348. The van der Waals surface area contributed by atoms with Crippen molar-refractivity contribution in [3.05, 3.63) is 53.1 Å². The molecular weight excluding hydrogens is 398 g/mol. The first-order valence-electron chi connectivity index (χ1n) is 10.1. The zero-order chi connectivity index (χ0) is 22.6. The smallest absolute Gasteiger partial charge is 0.251 e. The number of hydrogen-bond donors (Lipinski definition) is 3. The van der Waals surface area contributed by atoms with Crippen LogP contribution in [0.3, 0.4) is 0 Å². The second kappa shape index (κ2) is 12.2. The molecule has 0 spiro atoms. The number of hydrogen-bond acceptors (Lipinski definition) is 6. The Morgan fingerprint density at radius 2 is 1.84 bits per heavy atom. The summed E-state index contributed by atoms with van der Waals surface area (Å²) in [6.45, 7) is 2.31. The van der Waals surface area contributed by atoms with E-state index < -0.39 is 0 Å². The average Bonchev–Trinajstić information content (AvgIpc) is 2.78. The highest BCUT2D eigenvalue weighted by Crippen LogP contribution is 2.27. The number of rotatable bonds is 11. The highest BCUT2D eigenvalue weighted by atomic mass is 16.5. The predicted molar refractivity (Wildman–Crippen MR) is 119 cm³/mol. The monoisotopic (exact) mass is 427 g/mol. The summed E-state index contributed by atoms with van der Waals surface area (Å²) in [4.78, 5) is 24.1. The molecule has 166 valence electrons. The van der Waals surface area contributed by atoms with Gasteiger partial charge in [0.1, 0.15) is 5.75 Å². The fourth-order valence-corrected chi connectivity index (χ4v) is 2.88. The molecule has 0 heterocycles. The third-order valence-corrected chi connectivity index (χ3v) is 4.67. The minimum absolute atomic E-state index is 0.149. The number of amides is 2. The summed E-state index contributed by atoms with van der Waals surface area (Å²) >= 11 is 0. The zero-order valence-corrected chi connectivity index (χ0v) is 18.1. The van der Waals surface area contributed by atoms with Crippen LogP contribution in [0, 0.1) is 6.92 Å². The molecule has 8 nitrogen and oxygen atoms in total. The summed E-state index contributed by atoms with van der Waals surface area (Å²) in [6.07, 6.45) is 3.99. The van der Waals surface area contributed by atoms with Crippen LogP contribution in [0.2, 0.25) is 0 Å². The van der Waals surface area contributed by atoms with Gasteiger partial charge in [0.25, 0.3) is 5.91 Å². The molecule has 0 radical (unpaired) electrons. The van der Waals surface area contributed by atoms with Gasteiger partial charge in [-0.2, -0.15) is 5.10 Å². The quantitative estimate of drug-likeness (QED) is 0.290. The number of ether oxygens (including phenoxy) is 2. The van der Waals surface area contributed by atoms with Crippen molar-refractivity contribution >= 4 is 18.0 Å². The van der Waals surface area contributed by atoms with Gasteiger partial charge in [-0.05, 0) is 49.6 Å². The third kappa shape index (κ3) is 7.33. The van der Waals surface area contributed by atoms with Crippen molar-refractivity contribution in [2.45, 2.75) is 32.6 Å². The minimum Gasteiger partial charge on any atom is -0.507 e. The standard InChI is InChI=1S/C23H29N3O5/c1-16-8-7-9-18(22(16)28)15-25-26-21(27)10-5-4-6-13-24-23(29)17-11-12-19(30-2)20(14-17)31-3/h7-9,11-12,14-15,28H,4-6,10,13H2,1-3H3,(H,24,29)(H,26,27)/b25-15+. The lowest BCUT2D eigenvalue weighted by molar-refractivity contribution is -0.121. The highest BCUT2D eigenvalue weighted by molar-refractivity contribution is 5.94. The van der Waals surface area contributed by atoms with Crippen LogP contribution < -0.4 is 20.2 Å². The number of unbranched alkanes of at least 4 members (excludes halogenated alkanes) is 2. The number of carbonyl (C=O) groups is 2. The molecule has 0 saturated carbocycles. The average molecular weight is 428 g/mol. The number of phenolic OH excluding ortho intramolecular Hbond substituents is 1. The lowest BCUT2D eigenvalue weighted by atomic mass is 10.1. The summed E-state index contributed by atoms with van der Waals surface area (Å²) in [5.41, 5.74) is 4.24. The summed E-state index contributed by atoms with van der Waals surface area (Å²) < 4.78 is 10.4. The number of aromatic hydroxyl groups is 1. The van der Waals surface area contributed by atoms with Gasteiger partial charge in [0, 0.05) is 24.1 Å². The molecule has 2 amide bonds. The summed E-state index contributed by atoms with van der Waals surface area (Å²) in [6, 6.07) is 10.3. The molecule has 0 atom stereocenters. The molecule has 31 heavy (non-hydrogen) atoms. The number of methoxy groups -OCH3 is 2.